The van der Waals surface area contributed by atoms with Gasteiger partial charge in [0.1, 0.15) is 6.04 Å². The number of anilines is 1. The number of nitro benzene ring substituents is 1. The molecule has 108 valence electrons. The van der Waals surface area contributed by atoms with E-state index in [9.17, 15) is 19.3 Å². The van der Waals surface area contributed by atoms with Crippen molar-refractivity contribution in [1.82, 2.24) is 0 Å². The summed E-state index contributed by atoms with van der Waals surface area (Å²) in [5.74, 6) is -1.11. The predicted molar refractivity (Wildman–Crippen MR) is 70.1 cm³/mol. The molecule has 0 aliphatic carbocycles. The third-order valence-corrected chi connectivity index (χ3v) is 3.43. The molecule has 1 atom stereocenters. The van der Waals surface area contributed by atoms with Crippen molar-refractivity contribution in [2.75, 3.05) is 18.6 Å². The van der Waals surface area contributed by atoms with Crippen LogP contribution in [0.2, 0.25) is 0 Å². The number of esters is 1. The number of benzene rings is 1. The van der Waals surface area contributed by atoms with Gasteiger partial charge in [-0.3, -0.25) is 10.1 Å². The summed E-state index contributed by atoms with van der Waals surface area (Å²) in [6, 6.07) is 2.92. The lowest BCUT2D eigenvalue weighted by Gasteiger charge is -2.35. The van der Waals surface area contributed by atoms with Crippen molar-refractivity contribution in [1.29, 1.82) is 0 Å². The zero-order valence-corrected chi connectivity index (χ0v) is 11.0. The number of halogens is 1. The summed E-state index contributed by atoms with van der Waals surface area (Å²) in [4.78, 5) is 23.3. The van der Waals surface area contributed by atoms with E-state index in [2.05, 4.69) is 0 Å². The lowest BCUT2D eigenvalue weighted by molar-refractivity contribution is -0.385. The zero-order chi connectivity index (χ0) is 14.7. The average molecular weight is 282 g/mol. The van der Waals surface area contributed by atoms with Gasteiger partial charge >= 0.3 is 5.97 Å². The molecule has 0 radical (unpaired) electrons. The molecular formula is C13H15FN2O4. The molecule has 1 aromatic rings. The van der Waals surface area contributed by atoms with Crippen LogP contribution in [0.25, 0.3) is 0 Å². The van der Waals surface area contributed by atoms with Crippen LogP contribution in [0.3, 0.4) is 0 Å². The second-order valence-electron chi connectivity index (χ2n) is 4.62. The summed E-state index contributed by atoms with van der Waals surface area (Å²) in [5, 5.41) is 10.6. The molecule has 20 heavy (non-hydrogen) atoms. The fourth-order valence-electron chi connectivity index (χ4n) is 2.44. The minimum Gasteiger partial charge on any atom is -0.467 e. The van der Waals surface area contributed by atoms with E-state index in [1.807, 2.05) is 0 Å². The number of methoxy groups -OCH3 is 1. The van der Waals surface area contributed by atoms with E-state index in [1.54, 1.807) is 4.90 Å². The Morgan fingerprint density at radius 2 is 2.25 bits per heavy atom. The molecule has 0 aromatic heterocycles. The number of ether oxygens (including phenoxy) is 1. The Balaban J connectivity index is 2.32. The fraction of sp³-hybridized carbons (Fsp3) is 0.462. The summed E-state index contributed by atoms with van der Waals surface area (Å²) in [7, 11) is 1.29. The summed E-state index contributed by atoms with van der Waals surface area (Å²) in [5.41, 5.74) is -0.108. The molecule has 0 saturated carbocycles. The summed E-state index contributed by atoms with van der Waals surface area (Å²) in [6.45, 7) is 0.522. The highest BCUT2D eigenvalue weighted by Gasteiger charge is 2.31. The van der Waals surface area contributed by atoms with Gasteiger partial charge in [0.15, 0.2) is 5.82 Å². The van der Waals surface area contributed by atoms with Gasteiger partial charge in [-0.2, -0.15) is 0 Å². The highest BCUT2D eigenvalue weighted by Crippen LogP contribution is 2.30. The molecule has 1 saturated heterocycles. The van der Waals surface area contributed by atoms with Crippen LogP contribution in [0.5, 0.6) is 0 Å². The molecule has 2 rings (SSSR count). The smallest absolute Gasteiger partial charge is 0.328 e. The van der Waals surface area contributed by atoms with Gasteiger partial charge in [-0.25, -0.2) is 9.18 Å². The van der Waals surface area contributed by atoms with Crippen LogP contribution in [0, 0.1) is 15.9 Å². The number of carbonyl (C=O) groups excluding carboxylic acids is 1. The first-order chi connectivity index (χ1) is 9.54. The topological polar surface area (TPSA) is 72.7 Å². The minimum atomic E-state index is -0.699. The zero-order valence-electron chi connectivity index (χ0n) is 11.0. The van der Waals surface area contributed by atoms with Crippen molar-refractivity contribution in [2.24, 2.45) is 0 Å². The molecule has 1 unspecified atom stereocenters. The Morgan fingerprint density at radius 1 is 1.50 bits per heavy atom. The fourth-order valence-corrected chi connectivity index (χ4v) is 2.44. The summed E-state index contributed by atoms with van der Waals surface area (Å²) >= 11 is 0. The lowest BCUT2D eigenvalue weighted by Crippen LogP contribution is -2.45. The van der Waals surface area contributed by atoms with Gasteiger partial charge in [-0.1, -0.05) is 0 Å². The number of hydrogen-bond acceptors (Lipinski definition) is 5. The minimum absolute atomic E-state index is 0.200. The van der Waals surface area contributed by atoms with Crippen molar-refractivity contribution in [3.05, 3.63) is 34.1 Å². The van der Waals surface area contributed by atoms with E-state index in [0.29, 0.717) is 13.0 Å². The van der Waals surface area contributed by atoms with E-state index in [1.165, 1.54) is 19.2 Å². The second-order valence-corrected chi connectivity index (χ2v) is 4.62. The highest BCUT2D eigenvalue weighted by molar-refractivity contribution is 5.80. The number of nitrogens with zero attached hydrogens (tertiary/aromatic N) is 2. The van der Waals surface area contributed by atoms with Crippen molar-refractivity contribution in [3.8, 4) is 0 Å². The summed E-state index contributed by atoms with van der Waals surface area (Å²) < 4.78 is 18.8. The van der Waals surface area contributed by atoms with Crippen LogP contribution < -0.4 is 4.90 Å². The normalized spacial score (nSPS) is 18.7. The van der Waals surface area contributed by atoms with Crippen molar-refractivity contribution in [3.63, 3.8) is 0 Å². The van der Waals surface area contributed by atoms with Gasteiger partial charge in [0.25, 0.3) is 5.69 Å². The molecular weight excluding hydrogens is 267 g/mol. The second kappa shape index (κ2) is 5.85. The monoisotopic (exact) mass is 282 g/mol. The Bertz CT molecular complexity index is 535. The van der Waals surface area contributed by atoms with Crippen LogP contribution >= 0.6 is 0 Å². The van der Waals surface area contributed by atoms with Crippen LogP contribution in [-0.2, 0) is 9.53 Å². The van der Waals surface area contributed by atoms with Gasteiger partial charge in [0.2, 0.25) is 0 Å². The van der Waals surface area contributed by atoms with Gasteiger partial charge in [-0.05, 0) is 25.3 Å². The maximum absolute atomic E-state index is 14.0. The molecule has 1 aliphatic heterocycles. The molecule has 1 fully saturated rings. The van der Waals surface area contributed by atoms with Gasteiger partial charge in [0, 0.05) is 12.6 Å². The van der Waals surface area contributed by atoms with Gasteiger partial charge in [0.05, 0.1) is 23.8 Å². The van der Waals surface area contributed by atoms with E-state index < -0.39 is 22.8 Å². The molecule has 0 bridgehead atoms. The van der Waals surface area contributed by atoms with Gasteiger partial charge < -0.3 is 9.64 Å². The van der Waals surface area contributed by atoms with Crippen LogP contribution in [0.15, 0.2) is 18.2 Å². The molecule has 1 aromatic carbocycles. The molecule has 6 nitrogen and oxygen atoms in total. The number of carbonyl (C=O) groups is 1. The first-order valence-corrected chi connectivity index (χ1v) is 6.33. The Kier molecular flexibility index (Phi) is 4.16. The van der Waals surface area contributed by atoms with Crippen LogP contribution in [0.4, 0.5) is 15.8 Å². The van der Waals surface area contributed by atoms with Crippen molar-refractivity contribution >= 4 is 17.3 Å². The molecule has 0 spiro atoms. The quantitative estimate of drug-likeness (QED) is 0.483. The van der Waals surface area contributed by atoms with E-state index >= 15 is 0 Å². The third-order valence-electron chi connectivity index (χ3n) is 3.43. The summed E-state index contributed by atoms with van der Waals surface area (Å²) in [6.07, 6.45) is 2.29. The predicted octanol–water partition coefficient (Wildman–Crippen LogP) is 2.27. The van der Waals surface area contributed by atoms with Gasteiger partial charge in [-0.15, -0.1) is 0 Å². The number of rotatable bonds is 3. The molecule has 0 N–H and O–H groups in total. The molecule has 1 heterocycles. The Labute approximate surface area is 115 Å². The number of non-ortho nitro benzene ring substituents is 1. The van der Waals surface area contributed by atoms with Crippen LogP contribution in [-0.4, -0.2) is 30.6 Å². The molecule has 0 amide bonds. The Morgan fingerprint density at radius 3 is 2.85 bits per heavy atom. The average Bonchev–Trinajstić information content (AvgIpc) is 2.46. The first kappa shape index (κ1) is 14.2. The Hall–Kier alpha value is -2.18. The molecule has 1 aliphatic rings. The molecule has 7 heteroatoms. The SMILES string of the molecule is COC(=O)C1CCCCN1c1ccc([N+](=O)[O-])cc1F. The van der Waals surface area contributed by atoms with E-state index in [0.717, 1.165) is 18.9 Å². The highest BCUT2D eigenvalue weighted by atomic mass is 19.1. The lowest BCUT2D eigenvalue weighted by atomic mass is 10.0. The van der Waals surface area contributed by atoms with Crippen molar-refractivity contribution < 1.29 is 18.8 Å². The largest absolute Gasteiger partial charge is 0.467 e. The number of nitro groups is 1. The third kappa shape index (κ3) is 2.71. The first-order valence-electron chi connectivity index (χ1n) is 6.33. The van der Waals surface area contributed by atoms with E-state index in [-0.39, 0.29) is 11.4 Å². The van der Waals surface area contributed by atoms with Crippen molar-refractivity contribution in [2.45, 2.75) is 25.3 Å². The van der Waals surface area contributed by atoms with Crippen LogP contribution in [0.1, 0.15) is 19.3 Å². The standard InChI is InChI=1S/C13H15FN2O4/c1-20-13(17)12-4-2-3-7-15(12)11-6-5-9(16(18)19)8-10(11)14/h5-6,8,12H,2-4,7H2,1H3. The number of hydrogen-bond donors (Lipinski definition) is 0. The number of piperidine rings is 1. The van der Waals surface area contributed by atoms with E-state index in [4.69, 9.17) is 4.74 Å². The maximum atomic E-state index is 14.0. The maximum Gasteiger partial charge on any atom is 0.328 e.